The van der Waals surface area contributed by atoms with Crippen molar-refractivity contribution in [3.63, 3.8) is 0 Å². The van der Waals surface area contributed by atoms with Crippen molar-refractivity contribution in [2.75, 3.05) is 6.54 Å². The van der Waals surface area contributed by atoms with Crippen molar-refractivity contribution in [3.05, 3.63) is 29.3 Å². The van der Waals surface area contributed by atoms with Crippen molar-refractivity contribution in [3.8, 4) is 5.75 Å². The number of amides is 1. The Bertz CT molecular complexity index is 527. The molecule has 1 N–H and O–H groups in total. The minimum absolute atomic E-state index is 0.00152. The predicted octanol–water partition coefficient (Wildman–Crippen LogP) is 4.67. The van der Waals surface area contributed by atoms with Gasteiger partial charge in [-0.25, -0.2) is 0 Å². The maximum atomic E-state index is 12.4. The predicted molar refractivity (Wildman–Crippen MR) is 99.5 cm³/mol. The van der Waals surface area contributed by atoms with Crippen LogP contribution in [0.1, 0.15) is 70.4 Å². The zero-order valence-corrected chi connectivity index (χ0v) is 15.6. The van der Waals surface area contributed by atoms with Crippen LogP contribution < -0.4 is 10.1 Å². The Kier molecular flexibility index (Phi) is 7.61. The van der Waals surface area contributed by atoms with Gasteiger partial charge < -0.3 is 10.1 Å². The topological polar surface area (TPSA) is 38.3 Å². The summed E-state index contributed by atoms with van der Waals surface area (Å²) in [4.78, 5) is 12.4. The van der Waals surface area contributed by atoms with E-state index in [4.69, 9.17) is 4.74 Å². The first-order valence-corrected chi connectivity index (χ1v) is 9.70. The number of fused-ring (bicyclic) bond motifs is 1. The van der Waals surface area contributed by atoms with Crippen LogP contribution in [-0.2, 0) is 17.6 Å². The van der Waals surface area contributed by atoms with Gasteiger partial charge in [0.05, 0.1) is 0 Å². The number of benzene rings is 1. The molecular formula is C21H33NO2. The SMILES string of the molecule is CCCC[C@H](CC)CNC(=O)[C@H](C)Oc1cccc2c1CCCC2. The largest absolute Gasteiger partial charge is 0.481 e. The van der Waals surface area contributed by atoms with Crippen molar-refractivity contribution < 1.29 is 9.53 Å². The van der Waals surface area contributed by atoms with E-state index in [9.17, 15) is 4.79 Å². The summed E-state index contributed by atoms with van der Waals surface area (Å²) in [5.41, 5.74) is 2.69. The van der Waals surface area contributed by atoms with E-state index in [-0.39, 0.29) is 5.91 Å². The summed E-state index contributed by atoms with van der Waals surface area (Å²) in [5, 5.41) is 3.08. The smallest absolute Gasteiger partial charge is 0.260 e. The molecule has 3 nitrogen and oxygen atoms in total. The molecule has 0 unspecified atom stereocenters. The van der Waals surface area contributed by atoms with Crippen LogP contribution in [-0.4, -0.2) is 18.6 Å². The Hall–Kier alpha value is -1.51. The van der Waals surface area contributed by atoms with Crippen LogP contribution in [0.4, 0.5) is 0 Å². The molecule has 1 amide bonds. The quantitative estimate of drug-likeness (QED) is 0.714. The maximum absolute atomic E-state index is 12.4. The third kappa shape index (κ3) is 5.25. The van der Waals surface area contributed by atoms with Gasteiger partial charge in [0, 0.05) is 6.54 Å². The van der Waals surface area contributed by atoms with E-state index in [1.807, 2.05) is 19.1 Å². The highest BCUT2D eigenvalue weighted by molar-refractivity contribution is 5.80. The van der Waals surface area contributed by atoms with Crippen LogP contribution in [0.5, 0.6) is 5.75 Å². The molecule has 0 aliphatic heterocycles. The summed E-state index contributed by atoms with van der Waals surface area (Å²) >= 11 is 0. The van der Waals surface area contributed by atoms with Crippen molar-refractivity contribution in [2.24, 2.45) is 5.92 Å². The number of hydrogen-bond acceptors (Lipinski definition) is 2. The van der Waals surface area contributed by atoms with Gasteiger partial charge in [-0.1, -0.05) is 45.2 Å². The first-order valence-electron chi connectivity index (χ1n) is 9.70. The number of hydrogen-bond donors (Lipinski definition) is 1. The van der Waals surface area contributed by atoms with Gasteiger partial charge in [-0.05, 0) is 62.1 Å². The van der Waals surface area contributed by atoms with E-state index in [0.29, 0.717) is 5.92 Å². The van der Waals surface area contributed by atoms with Crippen LogP contribution in [0.2, 0.25) is 0 Å². The highest BCUT2D eigenvalue weighted by Crippen LogP contribution is 2.30. The lowest BCUT2D eigenvalue weighted by Gasteiger charge is -2.22. The highest BCUT2D eigenvalue weighted by atomic mass is 16.5. The monoisotopic (exact) mass is 331 g/mol. The second-order valence-corrected chi connectivity index (χ2v) is 7.02. The maximum Gasteiger partial charge on any atom is 0.260 e. The summed E-state index contributed by atoms with van der Waals surface area (Å²) in [6.07, 6.45) is 8.96. The van der Waals surface area contributed by atoms with E-state index < -0.39 is 6.10 Å². The fourth-order valence-electron chi connectivity index (χ4n) is 3.43. The molecule has 1 aromatic carbocycles. The molecule has 0 aromatic heterocycles. The van der Waals surface area contributed by atoms with Gasteiger partial charge in [-0.3, -0.25) is 4.79 Å². The van der Waals surface area contributed by atoms with Crippen LogP contribution in [0.25, 0.3) is 0 Å². The molecule has 0 spiro atoms. The molecule has 0 bridgehead atoms. The van der Waals surface area contributed by atoms with Gasteiger partial charge in [0.1, 0.15) is 5.75 Å². The molecule has 0 fully saturated rings. The van der Waals surface area contributed by atoms with Crippen LogP contribution in [0, 0.1) is 5.92 Å². The molecular weight excluding hydrogens is 298 g/mol. The fourth-order valence-corrected chi connectivity index (χ4v) is 3.43. The fraction of sp³-hybridized carbons (Fsp3) is 0.667. The summed E-state index contributed by atoms with van der Waals surface area (Å²) in [6, 6.07) is 6.23. The number of rotatable bonds is 9. The first kappa shape index (κ1) is 18.8. The van der Waals surface area contributed by atoms with Crippen LogP contribution >= 0.6 is 0 Å². The molecule has 3 heteroatoms. The molecule has 2 atom stereocenters. The van der Waals surface area contributed by atoms with Gasteiger partial charge >= 0.3 is 0 Å². The number of unbranched alkanes of at least 4 members (excludes halogenated alkanes) is 1. The van der Waals surface area contributed by atoms with E-state index in [0.717, 1.165) is 31.6 Å². The van der Waals surface area contributed by atoms with Crippen LogP contribution in [0.15, 0.2) is 18.2 Å². The second-order valence-electron chi connectivity index (χ2n) is 7.02. The third-order valence-electron chi connectivity index (χ3n) is 5.13. The molecule has 0 saturated heterocycles. The summed E-state index contributed by atoms with van der Waals surface area (Å²) in [7, 11) is 0. The normalized spacial score (nSPS) is 16.1. The van der Waals surface area contributed by atoms with Crippen molar-refractivity contribution >= 4 is 5.91 Å². The molecule has 0 radical (unpaired) electrons. The molecule has 24 heavy (non-hydrogen) atoms. The minimum Gasteiger partial charge on any atom is -0.481 e. The number of carbonyl (C=O) groups is 1. The van der Waals surface area contributed by atoms with Crippen molar-refractivity contribution in [1.82, 2.24) is 5.32 Å². The lowest BCUT2D eigenvalue weighted by Crippen LogP contribution is -2.39. The average Bonchev–Trinajstić information content (AvgIpc) is 2.62. The third-order valence-corrected chi connectivity index (χ3v) is 5.13. The standard InChI is InChI=1S/C21H33NO2/c1-4-6-10-17(5-2)15-22-21(23)16(3)24-20-14-9-12-18-11-7-8-13-19(18)20/h9,12,14,16-17H,4-8,10-11,13,15H2,1-3H3,(H,22,23)/t16-,17-/m0/s1. The molecule has 0 saturated carbocycles. The van der Waals surface area contributed by atoms with Gasteiger partial charge in [-0.2, -0.15) is 0 Å². The zero-order valence-electron chi connectivity index (χ0n) is 15.6. The summed E-state index contributed by atoms with van der Waals surface area (Å²) in [5.74, 6) is 1.47. The molecule has 2 rings (SSSR count). The van der Waals surface area contributed by atoms with E-state index in [2.05, 4.69) is 25.2 Å². The minimum atomic E-state index is -0.442. The molecule has 134 valence electrons. The number of nitrogens with one attached hydrogen (secondary N) is 1. The highest BCUT2D eigenvalue weighted by Gasteiger charge is 2.19. The summed E-state index contributed by atoms with van der Waals surface area (Å²) < 4.78 is 6.01. The summed E-state index contributed by atoms with van der Waals surface area (Å²) in [6.45, 7) is 7.02. The number of aryl methyl sites for hydroxylation is 1. The molecule has 1 aromatic rings. The number of carbonyl (C=O) groups excluding carboxylic acids is 1. The van der Waals surface area contributed by atoms with Crippen molar-refractivity contribution in [2.45, 2.75) is 78.2 Å². The van der Waals surface area contributed by atoms with E-state index in [1.165, 1.54) is 43.2 Å². The first-order chi connectivity index (χ1) is 11.7. The van der Waals surface area contributed by atoms with Crippen molar-refractivity contribution in [1.29, 1.82) is 0 Å². The van der Waals surface area contributed by atoms with Gasteiger partial charge in [-0.15, -0.1) is 0 Å². The lowest BCUT2D eigenvalue weighted by atomic mass is 9.91. The Morgan fingerprint density at radius 2 is 2.04 bits per heavy atom. The van der Waals surface area contributed by atoms with Gasteiger partial charge in [0.25, 0.3) is 5.91 Å². The zero-order chi connectivity index (χ0) is 17.4. The van der Waals surface area contributed by atoms with E-state index >= 15 is 0 Å². The lowest BCUT2D eigenvalue weighted by molar-refractivity contribution is -0.127. The Morgan fingerprint density at radius 1 is 1.25 bits per heavy atom. The Morgan fingerprint density at radius 3 is 2.79 bits per heavy atom. The average molecular weight is 332 g/mol. The molecule has 1 aliphatic rings. The second kappa shape index (κ2) is 9.71. The number of ether oxygens (including phenoxy) is 1. The van der Waals surface area contributed by atoms with Gasteiger partial charge in [0.2, 0.25) is 0 Å². The molecule has 0 heterocycles. The van der Waals surface area contributed by atoms with Crippen LogP contribution in [0.3, 0.4) is 0 Å². The Balaban J connectivity index is 1.88. The van der Waals surface area contributed by atoms with E-state index in [1.54, 1.807) is 0 Å². The Labute approximate surface area is 147 Å². The van der Waals surface area contributed by atoms with Gasteiger partial charge in [0.15, 0.2) is 6.10 Å². The molecule has 1 aliphatic carbocycles.